The van der Waals surface area contributed by atoms with Gasteiger partial charge in [-0.25, -0.2) is 13.1 Å². The quantitative estimate of drug-likeness (QED) is 0.768. The summed E-state index contributed by atoms with van der Waals surface area (Å²) in [5.74, 6) is 0.285. The molecule has 1 fully saturated rings. The number of amides is 1. The first kappa shape index (κ1) is 18.7. The van der Waals surface area contributed by atoms with E-state index in [2.05, 4.69) is 11.3 Å². The zero-order valence-electron chi connectivity index (χ0n) is 14.2. The van der Waals surface area contributed by atoms with Crippen LogP contribution in [0.4, 0.5) is 0 Å². The van der Waals surface area contributed by atoms with Gasteiger partial charge in [0.2, 0.25) is 15.9 Å². The highest BCUT2D eigenvalue weighted by Crippen LogP contribution is 2.18. The summed E-state index contributed by atoms with van der Waals surface area (Å²) in [6.45, 7) is 7.30. The van der Waals surface area contributed by atoms with Crippen molar-refractivity contribution in [1.29, 1.82) is 0 Å². The molecule has 1 N–H and O–H groups in total. The molecule has 1 atom stereocenters. The van der Waals surface area contributed by atoms with Gasteiger partial charge in [-0.05, 0) is 44.2 Å². The molecule has 6 heteroatoms. The highest BCUT2D eigenvalue weighted by atomic mass is 32.2. The third-order valence-corrected chi connectivity index (χ3v) is 5.77. The standard InChI is InChI=1S/C18H26N2O3S/c1-3-4-7-18(21)20-12-5-6-16(14-20)13-19-24(22,23)17-10-8-15(2)9-11-17/h3,8-11,16,19H,1,4-7,12-14H2,2H3. The van der Waals surface area contributed by atoms with Crippen LogP contribution < -0.4 is 4.72 Å². The summed E-state index contributed by atoms with van der Waals surface area (Å²) >= 11 is 0. The minimum absolute atomic E-state index is 0.126. The van der Waals surface area contributed by atoms with Crippen molar-refractivity contribution in [2.24, 2.45) is 5.92 Å². The first-order chi connectivity index (χ1) is 11.4. The molecule has 1 amide bonds. The Hall–Kier alpha value is -1.66. The van der Waals surface area contributed by atoms with Crippen molar-refractivity contribution in [2.45, 2.75) is 37.5 Å². The smallest absolute Gasteiger partial charge is 0.240 e. The van der Waals surface area contributed by atoms with Gasteiger partial charge in [0, 0.05) is 26.1 Å². The fraction of sp³-hybridized carbons (Fsp3) is 0.500. The van der Waals surface area contributed by atoms with Gasteiger partial charge in [-0.2, -0.15) is 0 Å². The second kappa shape index (κ2) is 8.44. The zero-order chi connectivity index (χ0) is 17.6. The Morgan fingerprint density at radius 3 is 2.75 bits per heavy atom. The number of hydrogen-bond donors (Lipinski definition) is 1. The fourth-order valence-corrected chi connectivity index (χ4v) is 3.99. The number of nitrogens with one attached hydrogen (secondary N) is 1. The number of nitrogens with zero attached hydrogens (tertiary/aromatic N) is 1. The molecule has 1 heterocycles. The molecule has 2 rings (SSSR count). The predicted molar refractivity (Wildman–Crippen MR) is 95.1 cm³/mol. The number of carbonyl (C=O) groups excluding carboxylic acids is 1. The van der Waals surface area contributed by atoms with Crippen LogP contribution in [0.25, 0.3) is 0 Å². The number of sulfonamides is 1. The average Bonchev–Trinajstić information content (AvgIpc) is 2.58. The van der Waals surface area contributed by atoms with E-state index in [1.165, 1.54) is 0 Å². The number of benzene rings is 1. The van der Waals surface area contributed by atoms with Crippen molar-refractivity contribution in [1.82, 2.24) is 9.62 Å². The average molecular weight is 350 g/mol. The van der Waals surface area contributed by atoms with Crippen LogP contribution in [0.15, 0.2) is 41.8 Å². The number of allylic oxidation sites excluding steroid dienone is 1. The van der Waals surface area contributed by atoms with Crippen molar-refractivity contribution in [2.75, 3.05) is 19.6 Å². The number of aryl methyl sites for hydroxylation is 1. The molecule has 1 aliphatic heterocycles. The third-order valence-electron chi connectivity index (χ3n) is 4.33. The molecule has 0 bridgehead atoms. The van der Waals surface area contributed by atoms with E-state index in [0.29, 0.717) is 25.9 Å². The maximum atomic E-state index is 12.3. The monoisotopic (exact) mass is 350 g/mol. The number of likely N-dealkylation sites (tertiary alicyclic amines) is 1. The summed E-state index contributed by atoms with van der Waals surface area (Å²) in [5.41, 5.74) is 1.02. The summed E-state index contributed by atoms with van der Waals surface area (Å²) in [4.78, 5) is 14.2. The van der Waals surface area contributed by atoms with E-state index in [-0.39, 0.29) is 16.7 Å². The van der Waals surface area contributed by atoms with E-state index in [1.54, 1.807) is 30.3 Å². The van der Waals surface area contributed by atoms with Crippen LogP contribution in [0, 0.1) is 12.8 Å². The van der Waals surface area contributed by atoms with Gasteiger partial charge in [0.1, 0.15) is 0 Å². The maximum absolute atomic E-state index is 12.3. The van der Waals surface area contributed by atoms with Gasteiger partial charge in [0.15, 0.2) is 0 Å². The minimum Gasteiger partial charge on any atom is -0.342 e. The topological polar surface area (TPSA) is 66.5 Å². The van der Waals surface area contributed by atoms with Crippen LogP contribution >= 0.6 is 0 Å². The Balaban J connectivity index is 1.90. The number of piperidine rings is 1. The van der Waals surface area contributed by atoms with Crippen molar-refractivity contribution < 1.29 is 13.2 Å². The number of hydrogen-bond acceptors (Lipinski definition) is 3. The van der Waals surface area contributed by atoms with E-state index in [1.807, 2.05) is 11.8 Å². The van der Waals surface area contributed by atoms with Crippen LogP contribution in [0.2, 0.25) is 0 Å². The Morgan fingerprint density at radius 1 is 1.38 bits per heavy atom. The lowest BCUT2D eigenvalue weighted by Gasteiger charge is -2.33. The first-order valence-corrected chi connectivity index (χ1v) is 9.85. The largest absolute Gasteiger partial charge is 0.342 e. The third kappa shape index (κ3) is 5.18. The Kier molecular flexibility index (Phi) is 6.57. The molecular formula is C18H26N2O3S. The molecule has 1 aromatic carbocycles. The van der Waals surface area contributed by atoms with Gasteiger partial charge < -0.3 is 4.90 Å². The van der Waals surface area contributed by atoms with Crippen molar-refractivity contribution in [3.63, 3.8) is 0 Å². The molecule has 0 aromatic heterocycles. The van der Waals surface area contributed by atoms with E-state index >= 15 is 0 Å². The summed E-state index contributed by atoms with van der Waals surface area (Å²) in [7, 11) is -3.50. The predicted octanol–water partition coefficient (Wildman–Crippen LogP) is 2.48. The van der Waals surface area contributed by atoms with Gasteiger partial charge >= 0.3 is 0 Å². The van der Waals surface area contributed by atoms with E-state index in [9.17, 15) is 13.2 Å². The van der Waals surface area contributed by atoms with Gasteiger partial charge in [-0.3, -0.25) is 4.79 Å². The molecule has 1 saturated heterocycles. The molecule has 1 unspecified atom stereocenters. The minimum atomic E-state index is -3.50. The Labute approximate surface area is 144 Å². The number of rotatable bonds is 7. The Bertz CT molecular complexity index is 668. The second-order valence-electron chi connectivity index (χ2n) is 6.34. The first-order valence-electron chi connectivity index (χ1n) is 8.37. The van der Waals surface area contributed by atoms with Gasteiger partial charge in [0.05, 0.1) is 4.90 Å². The zero-order valence-corrected chi connectivity index (χ0v) is 15.0. The molecule has 1 aliphatic rings. The molecular weight excluding hydrogens is 324 g/mol. The van der Waals surface area contributed by atoms with Crippen molar-refractivity contribution in [3.8, 4) is 0 Å². The number of carbonyl (C=O) groups is 1. The van der Waals surface area contributed by atoms with E-state index < -0.39 is 10.0 Å². The molecule has 0 saturated carbocycles. The Morgan fingerprint density at radius 2 is 2.08 bits per heavy atom. The van der Waals surface area contributed by atoms with Crippen LogP contribution in [0.1, 0.15) is 31.2 Å². The summed E-state index contributed by atoms with van der Waals surface area (Å²) in [6.07, 6.45) is 4.75. The molecule has 0 spiro atoms. The van der Waals surface area contributed by atoms with Crippen LogP contribution in [-0.2, 0) is 14.8 Å². The summed E-state index contributed by atoms with van der Waals surface area (Å²) in [6, 6.07) is 6.80. The molecule has 132 valence electrons. The molecule has 24 heavy (non-hydrogen) atoms. The summed E-state index contributed by atoms with van der Waals surface area (Å²) in [5, 5.41) is 0. The SMILES string of the molecule is C=CCCC(=O)N1CCCC(CNS(=O)(=O)c2ccc(C)cc2)C1. The van der Waals surface area contributed by atoms with Crippen LogP contribution in [0.5, 0.6) is 0 Å². The lowest BCUT2D eigenvalue weighted by molar-refractivity contribution is -0.132. The van der Waals surface area contributed by atoms with Crippen molar-refractivity contribution in [3.05, 3.63) is 42.5 Å². The second-order valence-corrected chi connectivity index (χ2v) is 8.11. The van der Waals surface area contributed by atoms with E-state index in [4.69, 9.17) is 0 Å². The lowest BCUT2D eigenvalue weighted by Crippen LogP contribution is -2.43. The van der Waals surface area contributed by atoms with Gasteiger partial charge in [-0.1, -0.05) is 23.8 Å². The summed E-state index contributed by atoms with van der Waals surface area (Å²) < 4.78 is 27.4. The van der Waals surface area contributed by atoms with E-state index in [0.717, 1.165) is 24.9 Å². The van der Waals surface area contributed by atoms with Crippen LogP contribution in [0.3, 0.4) is 0 Å². The van der Waals surface area contributed by atoms with Gasteiger partial charge in [-0.15, -0.1) is 6.58 Å². The van der Waals surface area contributed by atoms with Crippen molar-refractivity contribution >= 4 is 15.9 Å². The van der Waals surface area contributed by atoms with Crippen LogP contribution in [-0.4, -0.2) is 38.9 Å². The highest BCUT2D eigenvalue weighted by Gasteiger charge is 2.24. The maximum Gasteiger partial charge on any atom is 0.240 e. The molecule has 0 radical (unpaired) electrons. The van der Waals surface area contributed by atoms with Gasteiger partial charge in [0.25, 0.3) is 0 Å². The lowest BCUT2D eigenvalue weighted by atomic mass is 9.98. The molecule has 5 nitrogen and oxygen atoms in total. The highest BCUT2D eigenvalue weighted by molar-refractivity contribution is 7.89. The fourth-order valence-electron chi connectivity index (χ4n) is 2.87. The molecule has 1 aromatic rings. The normalized spacial score (nSPS) is 18.4. The molecule has 0 aliphatic carbocycles.